The standard InChI is InChI=1S/C13H19NO3/c1-10(2)9-17-14-13(16)8-7-11-5-3-4-6-12(11)15/h3-6,10,15H,7-9H2,1-2H3,(H,14,16). The number of amides is 1. The average molecular weight is 237 g/mol. The fourth-order valence-corrected chi connectivity index (χ4v) is 1.31. The van der Waals surface area contributed by atoms with Crippen molar-refractivity contribution in [2.45, 2.75) is 26.7 Å². The molecule has 0 saturated carbocycles. The maximum atomic E-state index is 11.4. The van der Waals surface area contributed by atoms with Gasteiger partial charge in [-0.3, -0.25) is 9.63 Å². The molecule has 4 heteroatoms. The van der Waals surface area contributed by atoms with Crippen molar-refractivity contribution >= 4 is 5.91 Å². The molecule has 0 atom stereocenters. The summed E-state index contributed by atoms with van der Waals surface area (Å²) in [7, 11) is 0. The first kappa shape index (κ1) is 13.5. The number of nitrogens with one attached hydrogen (secondary N) is 1. The van der Waals surface area contributed by atoms with Crippen molar-refractivity contribution < 1.29 is 14.7 Å². The number of hydroxylamine groups is 1. The average Bonchev–Trinajstić information content (AvgIpc) is 2.27. The maximum Gasteiger partial charge on any atom is 0.243 e. The lowest BCUT2D eigenvalue weighted by atomic mass is 10.1. The van der Waals surface area contributed by atoms with Gasteiger partial charge in [0.2, 0.25) is 5.91 Å². The van der Waals surface area contributed by atoms with E-state index in [2.05, 4.69) is 5.48 Å². The molecule has 0 aromatic heterocycles. The van der Waals surface area contributed by atoms with Crippen molar-refractivity contribution in [3.8, 4) is 5.75 Å². The van der Waals surface area contributed by atoms with Crippen molar-refractivity contribution in [2.24, 2.45) is 5.92 Å². The van der Waals surface area contributed by atoms with E-state index in [9.17, 15) is 9.90 Å². The number of para-hydroxylation sites is 1. The Labute approximate surface area is 102 Å². The summed E-state index contributed by atoms with van der Waals surface area (Å²) in [4.78, 5) is 16.4. The van der Waals surface area contributed by atoms with Gasteiger partial charge in [-0.2, -0.15) is 0 Å². The van der Waals surface area contributed by atoms with Gasteiger partial charge in [-0.15, -0.1) is 0 Å². The van der Waals surface area contributed by atoms with Gasteiger partial charge in [0.05, 0.1) is 6.61 Å². The van der Waals surface area contributed by atoms with Crippen molar-refractivity contribution in [3.63, 3.8) is 0 Å². The van der Waals surface area contributed by atoms with E-state index in [4.69, 9.17) is 4.84 Å². The Bertz CT molecular complexity index is 363. The normalized spacial score (nSPS) is 10.5. The Kier molecular flexibility index (Phi) is 5.49. The monoisotopic (exact) mass is 237 g/mol. The molecular weight excluding hydrogens is 218 g/mol. The van der Waals surface area contributed by atoms with Crippen LogP contribution in [0.3, 0.4) is 0 Å². The van der Waals surface area contributed by atoms with E-state index in [1.54, 1.807) is 18.2 Å². The van der Waals surface area contributed by atoms with Crippen molar-refractivity contribution in [2.75, 3.05) is 6.61 Å². The highest BCUT2D eigenvalue weighted by atomic mass is 16.6. The Morgan fingerprint density at radius 1 is 1.41 bits per heavy atom. The van der Waals surface area contributed by atoms with Crippen LogP contribution in [0.4, 0.5) is 0 Å². The van der Waals surface area contributed by atoms with Gasteiger partial charge in [0.25, 0.3) is 0 Å². The molecule has 0 aliphatic heterocycles. The van der Waals surface area contributed by atoms with Crippen LogP contribution >= 0.6 is 0 Å². The highest BCUT2D eigenvalue weighted by molar-refractivity contribution is 5.75. The third-order valence-electron chi connectivity index (χ3n) is 2.22. The number of hydrogen-bond acceptors (Lipinski definition) is 3. The van der Waals surface area contributed by atoms with E-state index >= 15 is 0 Å². The zero-order chi connectivity index (χ0) is 12.7. The van der Waals surface area contributed by atoms with Crippen LogP contribution in [0, 0.1) is 5.92 Å². The van der Waals surface area contributed by atoms with Gasteiger partial charge in [0.1, 0.15) is 5.75 Å². The number of aromatic hydroxyl groups is 1. The van der Waals surface area contributed by atoms with Crippen molar-refractivity contribution in [1.29, 1.82) is 0 Å². The molecule has 1 rings (SSSR count). The first-order valence-corrected chi connectivity index (χ1v) is 5.77. The second-order valence-electron chi connectivity index (χ2n) is 4.36. The molecule has 0 saturated heterocycles. The fourth-order valence-electron chi connectivity index (χ4n) is 1.31. The molecule has 1 amide bonds. The van der Waals surface area contributed by atoms with Crippen LogP contribution in [0.5, 0.6) is 5.75 Å². The Hall–Kier alpha value is -1.55. The molecule has 1 aromatic rings. The summed E-state index contributed by atoms with van der Waals surface area (Å²) in [6.07, 6.45) is 0.805. The summed E-state index contributed by atoms with van der Waals surface area (Å²) >= 11 is 0. The van der Waals surface area contributed by atoms with Gasteiger partial charge in [0, 0.05) is 6.42 Å². The molecule has 0 heterocycles. The quantitative estimate of drug-likeness (QED) is 0.744. The highest BCUT2D eigenvalue weighted by Gasteiger charge is 2.05. The molecule has 1 aromatic carbocycles. The minimum atomic E-state index is -0.172. The number of carbonyl (C=O) groups is 1. The summed E-state index contributed by atoms with van der Waals surface area (Å²) in [6.45, 7) is 4.52. The van der Waals surface area contributed by atoms with Gasteiger partial charge in [0.15, 0.2) is 0 Å². The van der Waals surface area contributed by atoms with E-state index in [-0.39, 0.29) is 11.7 Å². The van der Waals surface area contributed by atoms with Crippen LogP contribution < -0.4 is 5.48 Å². The van der Waals surface area contributed by atoms with Crippen LogP contribution in [-0.2, 0) is 16.1 Å². The highest BCUT2D eigenvalue weighted by Crippen LogP contribution is 2.16. The number of phenolic OH excluding ortho intramolecular Hbond substituents is 1. The lowest BCUT2D eigenvalue weighted by Crippen LogP contribution is -2.25. The van der Waals surface area contributed by atoms with Crippen LogP contribution in [0.25, 0.3) is 0 Å². The number of rotatable bonds is 6. The third-order valence-corrected chi connectivity index (χ3v) is 2.22. The summed E-state index contributed by atoms with van der Waals surface area (Å²) < 4.78 is 0. The molecule has 0 fully saturated rings. The van der Waals surface area contributed by atoms with Gasteiger partial charge >= 0.3 is 0 Å². The summed E-state index contributed by atoms with van der Waals surface area (Å²) in [5.74, 6) is 0.436. The van der Waals surface area contributed by atoms with E-state index in [1.807, 2.05) is 19.9 Å². The van der Waals surface area contributed by atoms with E-state index in [1.165, 1.54) is 0 Å². The van der Waals surface area contributed by atoms with Crippen molar-refractivity contribution in [3.05, 3.63) is 29.8 Å². The Morgan fingerprint density at radius 3 is 2.76 bits per heavy atom. The summed E-state index contributed by atoms with van der Waals surface area (Å²) in [5.41, 5.74) is 3.15. The second-order valence-corrected chi connectivity index (χ2v) is 4.36. The smallest absolute Gasteiger partial charge is 0.243 e. The number of hydrogen-bond donors (Lipinski definition) is 2. The predicted octanol–water partition coefficient (Wildman–Crippen LogP) is 2.03. The van der Waals surface area contributed by atoms with Crippen molar-refractivity contribution in [1.82, 2.24) is 5.48 Å². The SMILES string of the molecule is CC(C)CONC(=O)CCc1ccccc1O. The third kappa shape index (κ3) is 5.36. The maximum absolute atomic E-state index is 11.4. The van der Waals surface area contributed by atoms with E-state index in [0.717, 1.165) is 5.56 Å². The largest absolute Gasteiger partial charge is 0.508 e. The van der Waals surface area contributed by atoms with Crippen LogP contribution in [0.15, 0.2) is 24.3 Å². The molecule has 0 aliphatic rings. The topological polar surface area (TPSA) is 58.6 Å². The lowest BCUT2D eigenvalue weighted by molar-refractivity contribution is -0.134. The Morgan fingerprint density at radius 2 is 2.12 bits per heavy atom. The molecule has 4 nitrogen and oxygen atoms in total. The first-order chi connectivity index (χ1) is 8.09. The molecule has 0 radical (unpaired) electrons. The van der Waals surface area contributed by atoms with Gasteiger partial charge in [-0.25, -0.2) is 5.48 Å². The minimum Gasteiger partial charge on any atom is -0.508 e. The minimum absolute atomic E-state index is 0.172. The number of phenols is 1. The van der Waals surface area contributed by atoms with Gasteiger partial charge in [-0.05, 0) is 24.0 Å². The van der Waals surface area contributed by atoms with Crippen LogP contribution in [0.2, 0.25) is 0 Å². The number of benzene rings is 1. The molecule has 0 aliphatic carbocycles. The zero-order valence-corrected chi connectivity index (χ0v) is 10.3. The molecule has 2 N–H and O–H groups in total. The summed E-state index contributed by atoms with van der Waals surface area (Å²) in [6, 6.07) is 7.01. The number of carbonyl (C=O) groups excluding carboxylic acids is 1. The van der Waals surface area contributed by atoms with Gasteiger partial charge in [-0.1, -0.05) is 32.0 Å². The summed E-state index contributed by atoms with van der Waals surface area (Å²) in [5, 5.41) is 9.51. The van der Waals surface area contributed by atoms with E-state index < -0.39 is 0 Å². The van der Waals surface area contributed by atoms with E-state index in [0.29, 0.717) is 25.4 Å². The fraction of sp³-hybridized carbons (Fsp3) is 0.462. The molecular formula is C13H19NO3. The Balaban J connectivity index is 2.26. The first-order valence-electron chi connectivity index (χ1n) is 5.77. The number of aryl methyl sites for hydroxylation is 1. The predicted molar refractivity (Wildman–Crippen MR) is 65.4 cm³/mol. The van der Waals surface area contributed by atoms with Crippen LogP contribution in [-0.4, -0.2) is 17.6 Å². The van der Waals surface area contributed by atoms with Crippen LogP contribution in [0.1, 0.15) is 25.8 Å². The molecule has 0 unspecified atom stereocenters. The van der Waals surface area contributed by atoms with Gasteiger partial charge < -0.3 is 5.11 Å². The molecule has 0 spiro atoms. The lowest BCUT2D eigenvalue weighted by Gasteiger charge is -2.08. The second kappa shape index (κ2) is 6.91. The molecule has 94 valence electrons. The zero-order valence-electron chi connectivity index (χ0n) is 10.3. The molecule has 17 heavy (non-hydrogen) atoms. The molecule has 0 bridgehead atoms.